The highest BCUT2D eigenvalue weighted by Crippen LogP contribution is 2.28. The first-order valence-corrected chi connectivity index (χ1v) is 9.00. The van der Waals surface area contributed by atoms with E-state index in [0.29, 0.717) is 0 Å². The molecule has 1 aromatic carbocycles. The van der Waals surface area contributed by atoms with Crippen LogP contribution in [-0.4, -0.2) is 37.4 Å². The van der Waals surface area contributed by atoms with Gasteiger partial charge in [0.2, 0.25) is 0 Å². The molecule has 1 rings (SSSR count). The van der Waals surface area contributed by atoms with Gasteiger partial charge in [0.05, 0.1) is 19.3 Å². The minimum Gasteiger partial charge on any atom is -0.467 e. The number of urea groups is 1. The van der Waals surface area contributed by atoms with Gasteiger partial charge in [-0.3, -0.25) is 0 Å². The smallest absolute Gasteiger partial charge is 0.330 e. The molecule has 0 radical (unpaired) electrons. The van der Waals surface area contributed by atoms with Gasteiger partial charge in [-0.15, -0.1) is 0 Å². The van der Waals surface area contributed by atoms with Gasteiger partial charge in [0.25, 0.3) is 0 Å². The van der Waals surface area contributed by atoms with Crippen LogP contribution in [0.2, 0.25) is 0 Å². The SMILES string of the molecule is CCc1cccc(C(C)C)c1NC(=O)NC(COC(C)(C)C)C(=O)OC. The van der Waals surface area contributed by atoms with Gasteiger partial charge in [0.1, 0.15) is 0 Å². The fourth-order valence-corrected chi connectivity index (χ4v) is 2.50. The lowest BCUT2D eigenvalue weighted by Crippen LogP contribution is -2.47. The van der Waals surface area contributed by atoms with Gasteiger partial charge in [-0.2, -0.15) is 0 Å². The number of anilines is 1. The molecule has 2 N–H and O–H groups in total. The van der Waals surface area contributed by atoms with Gasteiger partial charge in [-0.05, 0) is 44.2 Å². The van der Waals surface area contributed by atoms with Crippen LogP contribution in [0.4, 0.5) is 10.5 Å². The first kappa shape index (κ1) is 22.0. The Morgan fingerprint density at radius 1 is 1.19 bits per heavy atom. The summed E-state index contributed by atoms with van der Waals surface area (Å²) in [6.07, 6.45) is 0.795. The molecule has 1 atom stereocenters. The maximum Gasteiger partial charge on any atom is 0.330 e. The van der Waals surface area contributed by atoms with E-state index in [1.165, 1.54) is 7.11 Å². The number of amides is 2. The van der Waals surface area contributed by atoms with E-state index in [0.717, 1.165) is 23.2 Å². The number of methoxy groups -OCH3 is 1. The Morgan fingerprint density at radius 2 is 1.85 bits per heavy atom. The molecule has 2 amide bonds. The standard InChI is InChI=1S/C20H32N2O4/c1-8-14-10-9-11-15(13(2)3)17(14)22-19(24)21-16(18(23)25-7)12-26-20(4,5)6/h9-11,13,16H,8,12H2,1-7H3,(H2,21,22,24). The van der Waals surface area contributed by atoms with E-state index < -0.39 is 23.6 Å². The van der Waals surface area contributed by atoms with E-state index in [1.807, 2.05) is 45.9 Å². The molecule has 0 heterocycles. The van der Waals surface area contributed by atoms with Crippen molar-refractivity contribution in [2.24, 2.45) is 0 Å². The summed E-state index contributed by atoms with van der Waals surface area (Å²) < 4.78 is 10.4. The molecule has 26 heavy (non-hydrogen) atoms. The minimum atomic E-state index is -0.879. The molecule has 0 aliphatic carbocycles. The van der Waals surface area contributed by atoms with E-state index in [1.54, 1.807) is 0 Å². The summed E-state index contributed by atoms with van der Waals surface area (Å²) >= 11 is 0. The van der Waals surface area contributed by atoms with E-state index >= 15 is 0 Å². The molecule has 1 unspecified atom stereocenters. The Kier molecular flexibility index (Phi) is 8.08. The second kappa shape index (κ2) is 9.57. The zero-order valence-electron chi connectivity index (χ0n) is 16.9. The third kappa shape index (κ3) is 6.67. The number of aryl methyl sites for hydroxylation is 1. The maximum atomic E-state index is 12.5. The maximum absolute atomic E-state index is 12.5. The number of rotatable bonds is 7. The highest BCUT2D eigenvalue weighted by atomic mass is 16.5. The largest absolute Gasteiger partial charge is 0.467 e. The third-order valence-electron chi connectivity index (χ3n) is 3.90. The van der Waals surface area contributed by atoms with Gasteiger partial charge in [0.15, 0.2) is 6.04 Å². The number of nitrogens with one attached hydrogen (secondary N) is 2. The van der Waals surface area contributed by atoms with Crippen molar-refractivity contribution < 1.29 is 19.1 Å². The number of esters is 1. The quantitative estimate of drug-likeness (QED) is 0.721. The number of benzene rings is 1. The number of hydrogen-bond donors (Lipinski definition) is 2. The van der Waals surface area contributed by atoms with Crippen LogP contribution in [0, 0.1) is 0 Å². The Bertz CT molecular complexity index is 621. The van der Waals surface area contributed by atoms with Crippen LogP contribution in [0.3, 0.4) is 0 Å². The van der Waals surface area contributed by atoms with Crippen molar-refractivity contribution in [2.45, 2.75) is 65.5 Å². The minimum absolute atomic E-state index is 0.0378. The van der Waals surface area contributed by atoms with Crippen LogP contribution in [0.25, 0.3) is 0 Å². The zero-order chi connectivity index (χ0) is 19.9. The topological polar surface area (TPSA) is 76.7 Å². The molecule has 0 spiro atoms. The van der Waals surface area contributed by atoms with Crippen molar-refractivity contribution in [2.75, 3.05) is 19.0 Å². The van der Waals surface area contributed by atoms with Crippen molar-refractivity contribution in [1.29, 1.82) is 0 Å². The van der Waals surface area contributed by atoms with E-state index in [9.17, 15) is 9.59 Å². The van der Waals surface area contributed by atoms with Gasteiger partial charge >= 0.3 is 12.0 Å². The number of para-hydroxylation sites is 1. The molecule has 0 fully saturated rings. The van der Waals surface area contributed by atoms with Crippen molar-refractivity contribution in [1.82, 2.24) is 5.32 Å². The molecule has 1 aromatic rings. The second-order valence-corrected chi connectivity index (χ2v) is 7.49. The summed E-state index contributed by atoms with van der Waals surface area (Å²) in [4.78, 5) is 24.5. The molecule has 6 heteroatoms. The fraction of sp³-hybridized carbons (Fsp3) is 0.600. The summed E-state index contributed by atoms with van der Waals surface area (Å²) in [5.41, 5.74) is 2.47. The van der Waals surface area contributed by atoms with Crippen LogP contribution in [-0.2, 0) is 20.7 Å². The van der Waals surface area contributed by atoms with Gasteiger partial charge in [-0.1, -0.05) is 39.0 Å². The predicted molar refractivity (Wildman–Crippen MR) is 104 cm³/mol. The average Bonchev–Trinajstić information content (AvgIpc) is 2.56. The summed E-state index contributed by atoms with van der Waals surface area (Å²) in [5.74, 6) is -0.283. The van der Waals surface area contributed by atoms with E-state index in [-0.39, 0.29) is 12.5 Å². The third-order valence-corrected chi connectivity index (χ3v) is 3.90. The second-order valence-electron chi connectivity index (χ2n) is 7.49. The normalized spacial score (nSPS) is 12.6. The van der Waals surface area contributed by atoms with Gasteiger partial charge < -0.3 is 20.1 Å². The molecule has 0 saturated carbocycles. The fourth-order valence-electron chi connectivity index (χ4n) is 2.50. The molecule has 0 bridgehead atoms. The molecular weight excluding hydrogens is 332 g/mol. The number of ether oxygens (including phenoxy) is 2. The highest BCUT2D eigenvalue weighted by Gasteiger charge is 2.25. The molecule has 0 aliphatic rings. The molecule has 0 aliphatic heterocycles. The van der Waals surface area contributed by atoms with Crippen molar-refractivity contribution in [3.8, 4) is 0 Å². The van der Waals surface area contributed by atoms with Crippen LogP contribution < -0.4 is 10.6 Å². The van der Waals surface area contributed by atoms with Gasteiger partial charge in [0, 0.05) is 5.69 Å². The Labute approximate surface area is 156 Å². The lowest BCUT2D eigenvalue weighted by Gasteiger charge is -2.24. The highest BCUT2D eigenvalue weighted by molar-refractivity contribution is 5.94. The van der Waals surface area contributed by atoms with Gasteiger partial charge in [-0.25, -0.2) is 9.59 Å². The molecular formula is C20H32N2O4. The van der Waals surface area contributed by atoms with E-state index in [2.05, 4.69) is 24.5 Å². The Morgan fingerprint density at radius 3 is 2.35 bits per heavy atom. The molecule has 0 saturated heterocycles. The molecule has 6 nitrogen and oxygen atoms in total. The predicted octanol–water partition coefficient (Wildman–Crippen LogP) is 3.85. The lowest BCUT2D eigenvalue weighted by molar-refractivity contribution is -0.145. The average molecular weight is 364 g/mol. The summed E-state index contributed by atoms with van der Waals surface area (Å²) in [6, 6.07) is 4.64. The monoisotopic (exact) mass is 364 g/mol. The van der Waals surface area contributed by atoms with Crippen LogP contribution in [0.15, 0.2) is 18.2 Å². The lowest BCUT2D eigenvalue weighted by atomic mass is 9.96. The first-order valence-electron chi connectivity index (χ1n) is 9.00. The first-order chi connectivity index (χ1) is 12.1. The van der Waals surface area contributed by atoms with Crippen molar-refractivity contribution in [3.05, 3.63) is 29.3 Å². The van der Waals surface area contributed by atoms with Crippen molar-refractivity contribution in [3.63, 3.8) is 0 Å². The molecule has 0 aromatic heterocycles. The summed E-state index contributed by atoms with van der Waals surface area (Å²) in [7, 11) is 1.29. The van der Waals surface area contributed by atoms with Crippen LogP contribution in [0.1, 0.15) is 58.6 Å². The summed E-state index contributed by atoms with van der Waals surface area (Å²) in [5, 5.41) is 5.56. The number of hydrogen-bond acceptors (Lipinski definition) is 4. The van der Waals surface area contributed by atoms with Crippen molar-refractivity contribution >= 4 is 17.7 Å². The number of carbonyl (C=O) groups is 2. The number of carbonyl (C=O) groups excluding carboxylic acids is 2. The molecule has 146 valence electrons. The van der Waals surface area contributed by atoms with Crippen LogP contribution in [0.5, 0.6) is 0 Å². The van der Waals surface area contributed by atoms with E-state index in [4.69, 9.17) is 9.47 Å². The van der Waals surface area contributed by atoms with Crippen LogP contribution >= 0.6 is 0 Å². The zero-order valence-corrected chi connectivity index (χ0v) is 16.9. The Hall–Kier alpha value is -2.08. The summed E-state index contributed by atoms with van der Waals surface area (Å²) in [6.45, 7) is 11.9. The Balaban J connectivity index is 2.93.